The number of aromatic amines is 2. The maximum absolute atomic E-state index is 12.6. The van der Waals surface area contributed by atoms with E-state index >= 15 is 0 Å². The molecule has 1 fully saturated rings. The summed E-state index contributed by atoms with van der Waals surface area (Å²) in [5.41, 5.74) is 2.96. The van der Waals surface area contributed by atoms with Crippen molar-refractivity contribution in [3.8, 4) is 11.3 Å². The number of anilines is 2. The van der Waals surface area contributed by atoms with Gasteiger partial charge in [-0.25, -0.2) is 19.6 Å². The Bertz CT molecular complexity index is 1530. The second-order valence-corrected chi connectivity index (χ2v) is 12.7. The summed E-state index contributed by atoms with van der Waals surface area (Å²) < 4.78 is 9.10. The van der Waals surface area contributed by atoms with Gasteiger partial charge >= 0.3 is 12.2 Å². The van der Waals surface area contributed by atoms with E-state index in [2.05, 4.69) is 102 Å². The van der Waals surface area contributed by atoms with Crippen LogP contribution in [0.4, 0.5) is 21.1 Å². The molecule has 0 aliphatic carbocycles. The highest BCUT2D eigenvalue weighted by molar-refractivity contribution is 5.82. The lowest BCUT2D eigenvalue weighted by molar-refractivity contribution is -0.131. The zero-order valence-electron chi connectivity index (χ0n) is 35.5. The number of ether oxygens (including phenoxy) is 2. The highest BCUT2D eigenvalue weighted by Crippen LogP contribution is 2.24. The monoisotopic (exact) mass is 785 g/mol. The number of H-pyrrole nitrogens is 2. The summed E-state index contributed by atoms with van der Waals surface area (Å²) in [7, 11) is 2.52. The maximum atomic E-state index is 12.6. The Morgan fingerprint density at radius 3 is 1.55 bits per heavy atom. The molecule has 0 radical (unpaired) electrons. The number of methoxy groups -OCH3 is 2. The molecule has 16 nitrogen and oxygen atoms in total. The van der Waals surface area contributed by atoms with E-state index in [1.54, 1.807) is 22.2 Å². The Morgan fingerprint density at radius 1 is 0.679 bits per heavy atom. The first-order valence-corrected chi connectivity index (χ1v) is 19.9. The van der Waals surface area contributed by atoms with Crippen molar-refractivity contribution in [2.24, 2.45) is 0 Å². The molecule has 1 aliphatic rings. The van der Waals surface area contributed by atoms with Gasteiger partial charge in [0, 0.05) is 45.0 Å². The second-order valence-electron chi connectivity index (χ2n) is 12.7. The second kappa shape index (κ2) is 28.2. The molecule has 0 bridgehead atoms. The van der Waals surface area contributed by atoms with Crippen molar-refractivity contribution >= 4 is 35.5 Å². The predicted molar refractivity (Wildman–Crippen MR) is 223 cm³/mol. The van der Waals surface area contributed by atoms with Gasteiger partial charge in [-0.2, -0.15) is 0 Å². The minimum absolute atomic E-state index is 0.134. The number of piperazine rings is 1. The molecule has 56 heavy (non-hydrogen) atoms. The van der Waals surface area contributed by atoms with Gasteiger partial charge in [0.05, 0.1) is 45.4 Å². The molecule has 0 spiro atoms. The van der Waals surface area contributed by atoms with Crippen LogP contribution in [-0.2, 0) is 32.2 Å². The Balaban J connectivity index is 0.00000181. The Labute approximate surface area is 334 Å². The largest absolute Gasteiger partial charge is 0.453 e. The number of carbonyl (C=O) groups is 4. The number of alkyl carbamates (subject to hydrolysis) is 2. The summed E-state index contributed by atoms with van der Waals surface area (Å²) in [5, 5.41) is 4.87. The summed E-state index contributed by atoms with van der Waals surface area (Å²) in [4.78, 5) is 71.6. The number of nitrogens with one attached hydrogen (secondary N) is 4. The number of nitrogens with zero attached hydrogens (tertiary/aromatic N) is 6. The van der Waals surface area contributed by atoms with E-state index in [-0.39, 0.29) is 24.9 Å². The van der Waals surface area contributed by atoms with Crippen molar-refractivity contribution in [1.29, 1.82) is 0 Å². The van der Waals surface area contributed by atoms with Crippen LogP contribution in [0.1, 0.15) is 92.7 Å². The molecule has 1 aliphatic heterocycles. The van der Waals surface area contributed by atoms with Crippen molar-refractivity contribution in [2.45, 2.75) is 94.2 Å². The molecule has 16 heteroatoms. The van der Waals surface area contributed by atoms with Crippen molar-refractivity contribution in [2.75, 3.05) is 76.4 Å². The molecule has 3 heterocycles. The van der Waals surface area contributed by atoms with Crippen LogP contribution >= 0.6 is 0 Å². The fraction of sp³-hybridized carbons (Fsp3) is 0.600. The smallest absolute Gasteiger partial charge is 0.407 e. The van der Waals surface area contributed by atoms with Crippen LogP contribution < -0.4 is 20.4 Å². The van der Waals surface area contributed by atoms with Crippen molar-refractivity contribution in [1.82, 2.24) is 40.4 Å². The lowest BCUT2D eigenvalue weighted by Crippen LogP contribution is -2.46. The van der Waals surface area contributed by atoms with Gasteiger partial charge < -0.3 is 49.7 Å². The van der Waals surface area contributed by atoms with Crippen molar-refractivity contribution in [3.63, 3.8) is 0 Å². The van der Waals surface area contributed by atoms with E-state index in [9.17, 15) is 19.2 Å². The lowest BCUT2D eigenvalue weighted by atomic mass is 10.1. The SMILES string of the molecule is CC.CCC.CCC.CCCN(Cc1ncc(-c2ccc(N3CCN(c4cnc(CN(CCC)C(=O)CNC(=O)OC)[nH]4)CC3)cc2)[nH]1)C(=O)CNC(=O)OC. The molecular formula is C40H68N10O6. The van der Waals surface area contributed by atoms with Crippen LogP contribution in [-0.4, -0.2) is 120 Å². The van der Waals surface area contributed by atoms with Gasteiger partial charge in [0.25, 0.3) is 0 Å². The maximum Gasteiger partial charge on any atom is 0.407 e. The highest BCUT2D eigenvalue weighted by atomic mass is 16.5. The fourth-order valence-electron chi connectivity index (χ4n) is 5.39. The van der Waals surface area contributed by atoms with Crippen molar-refractivity contribution in [3.05, 3.63) is 48.3 Å². The van der Waals surface area contributed by atoms with Crippen LogP contribution in [0.15, 0.2) is 36.7 Å². The number of imidazole rings is 2. The van der Waals surface area contributed by atoms with Crippen LogP contribution in [0.3, 0.4) is 0 Å². The van der Waals surface area contributed by atoms with Crippen LogP contribution in [0.25, 0.3) is 11.3 Å². The average Bonchev–Trinajstić information content (AvgIpc) is 3.90. The van der Waals surface area contributed by atoms with Gasteiger partial charge in [-0.3, -0.25) is 9.59 Å². The molecule has 1 saturated heterocycles. The highest BCUT2D eigenvalue weighted by Gasteiger charge is 2.21. The molecule has 0 saturated carbocycles. The fourth-order valence-corrected chi connectivity index (χ4v) is 5.39. The number of hydrogen-bond donors (Lipinski definition) is 4. The van der Waals surface area contributed by atoms with E-state index in [4.69, 9.17) is 0 Å². The molecular weight excluding hydrogens is 717 g/mol. The van der Waals surface area contributed by atoms with E-state index in [0.29, 0.717) is 37.8 Å². The number of rotatable bonds is 15. The first kappa shape index (κ1) is 48.7. The normalized spacial score (nSPS) is 11.7. The molecule has 4 amide bonds. The average molecular weight is 785 g/mol. The molecule has 1 aromatic carbocycles. The number of carbonyl (C=O) groups excluding carboxylic acids is 4. The summed E-state index contributed by atoms with van der Waals surface area (Å²) >= 11 is 0. The molecule has 0 atom stereocenters. The third kappa shape index (κ3) is 17.0. The van der Waals surface area contributed by atoms with Gasteiger partial charge in [0.2, 0.25) is 11.8 Å². The summed E-state index contributed by atoms with van der Waals surface area (Å²) in [5.74, 6) is 1.84. The van der Waals surface area contributed by atoms with Crippen LogP contribution in [0.2, 0.25) is 0 Å². The Kier molecular flexibility index (Phi) is 24.5. The topological polar surface area (TPSA) is 181 Å². The molecule has 4 rings (SSSR count). The molecule has 3 aromatic rings. The molecule has 0 unspecified atom stereocenters. The van der Waals surface area contributed by atoms with Gasteiger partial charge in [0.1, 0.15) is 30.6 Å². The molecule has 2 aromatic heterocycles. The number of aromatic nitrogens is 4. The summed E-state index contributed by atoms with van der Waals surface area (Å²) in [6, 6.07) is 8.30. The summed E-state index contributed by atoms with van der Waals surface area (Å²) in [6.45, 7) is 21.2. The Morgan fingerprint density at radius 2 is 1.11 bits per heavy atom. The Hall–Kier alpha value is -5.28. The minimum atomic E-state index is -0.647. The first-order valence-electron chi connectivity index (χ1n) is 19.9. The zero-order valence-corrected chi connectivity index (χ0v) is 35.5. The van der Waals surface area contributed by atoms with Crippen molar-refractivity contribution < 1.29 is 28.7 Å². The van der Waals surface area contributed by atoms with E-state index < -0.39 is 12.2 Å². The van der Waals surface area contributed by atoms with Gasteiger partial charge in [-0.1, -0.05) is 80.4 Å². The molecule has 4 N–H and O–H groups in total. The van der Waals surface area contributed by atoms with Gasteiger partial charge in [-0.15, -0.1) is 0 Å². The third-order valence-corrected chi connectivity index (χ3v) is 7.92. The van der Waals surface area contributed by atoms with Crippen LogP contribution in [0, 0.1) is 0 Å². The first-order chi connectivity index (χ1) is 27.1. The van der Waals surface area contributed by atoms with Gasteiger partial charge in [-0.05, 0) is 30.5 Å². The standard InChI is InChI=1S/C32H46N10O6.2C3H8.C2H6/c1-5-11-41(29(43)19-35-31(45)47-3)21-26-33-17-25(37-26)23-7-9-24(10-8-23)39-13-15-40(16-14-39)28-18-34-27(38-28)22-42(12-6-2)30(44)20-36-32(46)48-4;2*1-3-2;1-2/h7-10,17-18H,5-6,11-16,19-22H2,1-4H3,(H,33,37)(H,34,38)(H,35,45)(H,36,46);2*3H2,1-2H3;1-2H3. The summed E-state index contributed by atoms with van der Waals surface area (Å²) in [6.07, 6.45) is 6.33. The number of amides is 4. The molecule has 314 valence electrons. The van der Waals surface area contributed by atoms with Gasteiger partial charge in [0.15, 0.2) is 0 Å². The lowest BCUT2D eigenvalue weighted by Gasteiger charge is -2.36. The van der Waals surface area contributed by atoms with Crippen LogP contribution in [0.5, 0.6) is 0 Å². The predicted octanol–water partition coefficient (Wildman–Crippen LogP) is 6.17. The van der Waals surface area contributed by atoms with E-state index in [0.717, 1.165) is 61.8 Å². The van der Waals surface area contributed by atoms with E-state index in [1.165, 1.54) is 27.1 Å². The van der Waals surface area contributed by atoms with E-state index in [1.807, 2.05) is 27.7 Å². The number of hydrogen-bond acceptors (Lipinski definition) is 10. The number of benzene rings is 1. The quantitative estimate of drug-likeness (QED) is 0.139. The third-order valence-electron chi connectivity index (χ3n) is 7.92. The minimum Gasteiger partial charge on any atom is -0.453 e. The zero-order chi connectivity index (χ0) is 41.9.